The van der Waals surface area contributed by atoms with Gasteiger partial charge in [0, 0.05) is 11.4 Å². The van der Waals surface area contributed by atoms with Crippen molar-refractivity contribution in [2.75, 3.05) is 10.6 Å². The van der Waals surface area contributed by atoms with Gasteiger partial charge in [0.25, 0.3) is 0 Å². The molecule has 0 aliphatic carbocycles. The zero-order chi connectivity index (χ0) is 15.1. The van der Waals surface area contributed by atoms with Gasteiger partial charge in [0.15, 0.2) is 0 Å². The molecule has 0 saturated carbocycles. The Morgan fingerprint density at radius 2 is 1.52 bits per heavy atom. The van der Waals surface area contributed by atoms with Gasteiger partial charge in [-0.1, -0.05) is 25.5 Å². The van der Waals surface area contributed by atoms with Crippen molar-refractivity contribution < 1.29 is 4.79 Å². The van der Waals surface area contributed by atoms with Crippen molar-refractivity contribution in [3.8, 4) is 6.07 Å². The monoisotopic (exact) mass is 279 g/mol. The number of nitrogens with one attached hydrogen (secondary N) is 2. The molecule has 0 spiro atoms. The summed E-state index contributed by atoms with van der Waals surface area (Å²) in [6.45, 7) is 2.14. The lowest BCUT2D eigenvalue weighted by Gasteiger charge is -2.08. The first-order valence-electron chi connectivity index (χ1n) is 6.88. The molecule has 2 aromatic carbocycles. The van der Waals surface area contributed by atoms with E-state index in [9.17, 15) is 4.79 Å². The van der Waals surface area contributed by atoms with Crippen molar-refractivity contribution in [1.82, 2.24) is 0 Å². The van der Waals surface area contributed by atoms with Crippen molar-refractivity contribution in [2.24, 2.45) is 0 Å². The van der Waals surface area contributed by atoms with Gasteiger partial charge < -0.3 is 10.6 Å². The zero-order valence-electron chi connectivity index (χ0n) is 11.9. The van der Waals surface area contributed by atoms with E-state index in [0.29, 0.717) is 11.3 Å². The summed E-state index contributed by atoms with van der Waals surface area (Å²) >= 11 is 0. The van der Waals surface area contributed by atoms with E-state index in [0.717, 1.165) is 18.5 Å². The van der Waals surface area contributed by atoms with E-state index in [1.54, 1.807) is 24.3 Å². The summed E-state index contributed by atoms with van der Waals surface area (Å²) in [6, 6.07) is 16.3. The first kappa shape index (κ1) is 14.6. The first-order chi connectivity index (χ1) is 10.2. The number of carbonyl (C=O) groups is 1. The van der Waals surface area contributed by atoms with Gasteiger partial charge in [0.1, 0.15) is 0 Å². The highest BCUT2D eigenvalue weighted by Crippen LogP contribution is 2.13. The van der Waals surface area contributed by atoms with E-state index >= 15 is 0 Å². The van der Waals surface area contributed by atoms with E-state index < -0.39 is 0 Å². The summed E-state index contributed by atoms with van der Waals surface area (Å²) in [6.07, 6.45) is 2.14. The number of nitrogens with zero attached hydrogens (tertiary/aromatic N) is 1. The molecule has 2 rings (SSSR count). The maximum absolute atomic E-state index is 11.9. The third-order valence-electron chi connectivity index (χ3n) is 3.02. The topological polar surface area (TPSA) is 64.9 Å². The van der Waals surface area contributed by atoms with E-state index in [4.69, 9.17) is 5.26 Å². The van der Waals surface area contributed by atoms with Crippen molar-refractivity contribution in [3.63, 3.8) is 0 Å². The Kier molecular flexibility index (Phi) is 4.94. The Balaban J connectivity index is 1.93. The quantitative estimate of drug-likeness (QED) is 0.882. The first-order valence-corrected chi connectivity index (χ1v) is 6.88. The summed E-state index contributed by atoms with van der Waals surface area (Å²) in [5.74, 6) is 0. The molecule has 0 radical (unpaired) electrons. The van der Waals surface area contributed by atoms with E-state index in [1.807, 2.05) is 30.3 Å². The molecule has 0 aromatic heterocycles. The van der Waals surface area contributed by atoms with Gasteiger partial charge >= 0.3 is 6.03 Å². The molecule has 2 amide bonds. The fourth-order valence-corrected chi connectivity index (χ4v) is 1.96. The largest absolute Gasteiger partial charge is 0.323 e. The van der Waals surface area contributed by atoms with Crippen LogP contribution in [-0.2, 0) is 6.42 Å². The molecule has 4 nitrogen and oxygen atoms in total. The van der Waals surface area contributed by atoms with Crippen LogP contribution in [0.4, 0.5) is 16.2 Å². The smallest absolute Gasteiger partial charge is 0.308 e. The second-order valence-corrected chi connectivity index (χ2v) is 4.72. The fraction of sp³-hybridized carbons (Fsp3) is 0.176. The Labute approximate surface area is 124 Å². The standard InChI is InChI=1S/C17H17N3O/c1-2-3-13-4-8-15(9-5-13)19-17(21)20-16-10-6-14(12-18)7-11-16/h4-11H,2-3H2,1H3,(H2,19,20,21). The van der Waals surface area contributed by atoms with Crippen LogP contribution in [0, 0.1) is 11.3 Å². The third kappa shape index (κ3) is 4.36. The predicted molar refractivity (Wildman–Crippen MR) is 84.2 cm³/mol. The number of urea groups is 1. The maximum atomic E-state index is 11.9. The van der Waals surface area contributed by atoms with E-state index in [2.05, 4.69) is 17.6 Å². The number of nitriles is 1. The highest BCUT2D eigenvalue weighted by molar-refractivity contribution is 5.99. The van der Waals surface area contributed by atoms with Crippen molar-refractivity contribution >= 4 is 17.4 Å². The molecule has 106 valence electrons. The number of benzene rings is 2. The van der Waals surface area contributed by atoms with Crippen molar-refractivity contribution in [1.29, 1.82) is 5.26 Å². The van der Waals surface area contributed by atoms with Crippen molar-refractivity contribution in [2.45, 2.75) is 19.8 Å². The highest BCUT2D eigenvalue weighted by atomic mass is 16.2. The second-order valence-electron chi connectivity index (χ2n) is 4.72. The van der Waals surface area contributed by atoms with Crippen molar-refractivity contribution in [3.05, 3.63) is 59.7 Å². The number of aryl methyl sites for hydroxylation is 1. The van der Waals surface area contributed by atoms with Crippen LogP contribution in [0.25, 0.3) is 0 Å². The van der Waals surface area contributed by atoms with Gasteiger partial charge in [0.05, 0.1) is 11.6 Å². The number of amides is 2. The lowest BCUT2D eigenvalue weighted by atomic mass is 10.1. The normalized spacial score (nSPS) is 9.71. The average molecular weight is 279 g/mol. The molecular formula is C17H17N3O. The van der Waals surface area contributed by atoms with Crippen LogP contribution in [0.5, 0.6) is 0 Å². The second kappa shape index (κ2) is 7.11. The summed E-state index contributed by atoms with van der Waals surface area (Å²) in [5, 5.41) is 14.2. The zero-order valence-corrected chi connectivity index (χ0v) is 11.9. The Morgan fingerprint density at radius 1 is 1.00 bits per heavy atom. The van der Waals surface area contributed by atoms with Gasteiger partial charge in [-0.25, -0.2) is 4.79 Å². The van der Waals surface area contributed by atoms with Gasteiger partial charge in [-0.2, -0.15) is 5.26 Å². The molecule has 0 aliphatic heterocycles. The average Bonchev–Trinajstić information content (AvgIpc) is 2.50. The van der Waals surface area contributed by atoms with Crippen LogP contribution < -0.4 is 10.6 Å². The van der Waals surface area contributed by atoms with Gasteiger partial charge in [-0.05, 0) is 48.4 Å². The van der Waals surface area contributed by atoms with Gasteiger partial charge in [0.2, 0.25) is 0 Å². The Bertz CT molecular complexity index is 639. The molecule has 0 fully saturated rings. The van der Waals surface area contributed by atoms with Crippen LogP contribution in [0.3, 0.4) is 0 Å². The van der Waals surface area contributed by atoms with Crippen LogP contribution in [0.2, 0.25) is 0 Å². The molecule has 0 unspecified atom stereocenters. The minimum absolute atomic E-state index is 0.303. The lowest BCUT2D eigenvalue weighted by molar-refractivity contribution is 0.262. The van der Waals surface area contributed by atoms with E-state index in [1.165, 1.54) is 5.56 Å². The van der Waals surface area contributed by atoms with Crippen LogP contribution in [-0.4, -0.2) is 6.03 Å². The fourth-order valence-electron chi connectivity index (χ4n) is 1.96. The molecule has 2 N–H and O–H groups in total. The van der Waals surface area contributed by atoms with Crippen LogP contribution >= 0.6 is 0 Å². The molecule has 4 heteroatoms. The predicted octanol–water partition coefficient (Wildman–Crippen LogP) is 4.15. The van der Waals surface area contributed by atoms with E-state index in [-0.39, 0.29) is 6.03 Å². The molecule has 21 heavy (non-hydrogen) atoms. The highest BCUT2D eigenvalue weighted by Gasteiger charge is 2.03. The number of rotatable bonds is 4. The van der Waals surface area contributed by atoms with Gasteiger partial charge in [-0.15, -0.1) is 0 Å². The Hall–Kier alpha value is -2.80. The maximum Gasteiger partial charge on any atom is 0.323 e. The van der Waals surface area contributed by atoms with Crippen LogP contribution in [0.15, 0.2) is 48.5 Å². The SMILES string of the molecule is CCCc1ccc(NC(=O)Nc2ccc(C#N)cc2)cc1. The van der Waals surface area contributed by atoms with Gasteiger partial charge in [-0.3, -0.25) is 0 Å². The molecule has 2 aromatic rings. The minimum atomic E-state index is -0.303. The number of hydrogen-bond acceptors (Lipinski definition) is 2. The number of hydrogen-bond donors (Lipinski definition) is 2. The molecule has 0 aliphatic rings. The summed E-state index contributed by atoms with van der Waals surface area (Å²) in [5.41, 5.74) is 3.22. The Morgan fingerprint density at radius 3 is 2.00 bits per heavy atom. The molecule has 0 bridgehead atoms. The lowest BCUT2D eigenvalue weighted by Crippen LogP contribution is -2.19. The third-order valence-corrected chi connectivity index (χ3v) is 3.02. The minimum Gasteiger partial charge on any atom is -0.308 e. The molecule has 0 heterocycles. The summed E-state index contributed by atoms with van der Waals surface area (Å²) in [4.78, 5) is 11.9. The molecule has 0 atom stereocenters. The number of carbonyl (C=O) groups excluding carboxylic acids is 1. The molecule has 0 saturated heterocycles. The van der Waals surface area contributed by atoms with Crippen LogP contribution in [0.1, 0.15) is 24.5 Å². The summed E-state index contributed by atoms with van der Waals surface area (Å²) < 4.78 is 0. The molecular weight excluding hydrogens is 262 g/mol. The number of anilines is 2. The summed E-state index contributed by atoms with van der Waals surface area (Å²) in [7, 11) is 0.